The second kappa shape index (κ2) is 7.66. The molecule has 0 aromatic heterocycles. The molecule has 134 valence electrons. The lowest BCUT2D eigenvalue weighted by molar-refractivity contribution is -0.113. The molecule has 0 bridgehead atoms. The number of imide groups is 1. The van der Waals surface area contributed by atoms with Gasteiger partial charge in [-0.1, -0.05) is 24.3 Å². The fourth-order valence-corrected chi connectivity index (χ4v) is 3.52. The minimum absolute atomic E-state index is 0.298. The Balaban J connectivity index is 1.92. The van der Waals surface area contributed by atoms with E-state index in [1.807, 2.05) is 38.1 Å². The maximum atomic E-state index is 12.8. The molecule has 1 fully saturated rings. The number of nitrogens with zero attached hydrogens (tertiary/aromatic N) is 1. The predicted molar refractivity (Wildman–Crippen MR) is 104 cm³/mol. The van der Waals surface area contributed by atoms with Crippen LogP contribution in [0.5, 0.6) is 11.5 Å². The quantitative estimate of drug-likeness (QED) is 0.719. The summed E-state index contributed by atoms with van der Waals surface area (Å²) in [5.41, 5.74) is 2.25. The highest BCUT2D eigenvalue weighted by Gasteiger charge is 2.36. The van der Waals surface area contributed by atoms with Crippen molar-refractivity contribution < 1.29 is 19.1 Å². The fourth-order valence-electron chi connectivity index (χ4n) is 2.69. The smallest absolute Gasteiger partial charge is 0.298 e. The highest BCUT2D eigenvalue weighted by Crippen LogP contribution is 2.37. The first kappa shape index (κ1) is 18.1. The third-order valence-electron chi connectivity index (χ3n) is 3.94. The first-order valence-corrected chi connectivity index (χ1v) is 9.01. The summed E-state index contributed by atoms with van der Waals surface area (Å²) in [4.78, 5) is 26.7. The summed E-state index contributed by atoms with van der Waals surface area (Å²) < 4.78 is 10.8. The summed E-state index contributed by atoms with van der Waals surface area (Å²) in [6, 6.07) is 12.7. The molecule has 26 heavy (non-hydrogen) atoms. The molecule has 1 heterocycles. The van der Waals surface area contributed by atoms with Gasteiger partial charge in [0.1, 0.15) is 0 Å². The third-order valence-corrected chi connectivity index (χ3v) is 4.80. The molecule has 2 aromatic rings. The number of methoxy groups -OCH3 is 1. The van der Waals surface area contributed by atoms with Crippen molar-refractivity contribution >= 4 is 34.7 Å². The summed E-state index contributed by atoms with van der Waals surface area (Å²) in [5, 5.41) is -0.298. The van der Waals surface area contributed by atoms with Gasteiger partial charge in [-0.05, 0) is 61.0 Å². The zero-order chi connectivity index (χ0) is 18.7. The first-order chi connectivity index (χ1) is 12.5. The van der Waals surface area contributed by atoms with Crippen molar-refractivity contribution in [1.82, 2.24) is 0 Å². The lowest BCUT2D eigenvalue weighted by Crippen LogP contribution is -2.28. The van der Waals surface area contributed by atoms with Crippen molar-refractivity contribution in [2.75, 3.05) is 18.6 Å². The number of ether oxygens (including phenoxy) is 2. The third kappa shape index (κ3) is 3.46. The monoisotopic (exact) mass is 369 g/mol. The van der Waals surface area contributed by atoms with Crippen LogP contribution in [0.4, 0.5) is 10.5 Å². The fraction of sp³-hybridized carbons (Fsp3) is 0.200. The van der Waals surface area contributed by atoms with Crippen LogP contribution in [0.15, 0.2) is 47.4 Å². The number of para-hydroxylation sites is 1. The molecule has 1 saturated heterocycles. The molecule has 1 aliphatic rings. The molecule has 0 radical (unpaired) electrons. The Hall–Kier alpha value is -2.73. The average molecular weight is 369 g/mol. The number of anilines is 1. The highest BCUT2D eigenvalue weighted by molar-refractivity contribution is 8.19. The van der Waals surface area contributed by atoms with E-state index in [0.29, 0.717) is 28.7 Å². The van der Waals surface area contributed by atoms with Crippen LogP contribution < -0.4 is 14.4 Å². The molecule has 0 N–H and O–H groups in total. The van der Waals surface area contributed by atoms with E-state index in [1.165, 1.54) is 4.90 Å². The van der Waals surface area contributed by atoms with E-state index in [2.05, 4.69) is 0 Å². The maximum Gasteiger partial charge on any atom is 0.298 e. The topological polar surface area (TPSA) is 55.8 Å². The van der Waals surface area contributed by atoms with Gasteiger partial charge in [0, 0.05) is 0 Å². The summed E-state index contributed by atoms with van der Waals surface area (Å²) in [6.07, 6.45) is 1.70. The summed E-state index contributed by atoms with van der Waals surface area (Å²) in [7, 11) is 1.56. The molecular weight excluding hydrogens is 350 g/mol. The van der Waals surface area contributed by atoms with Crippen LogP contribution in [-0.2, 0) is 4.79 Å². The van der Waals surface area contributed by atoms with E-state index >= 15 is 0 Å². The first-order valence-electron chi connectivity index (χ1n) is 8.19. The number of hydrogen-bond donors (Lipinski definition) is 0. The van der Waals surface area contributed by atoms with Crippen molar-refractivity contribution in [2.45, 2.75) is 13.8 Å². The SMILES string of the molecule is CCOc1ccc(/C=C2\SC(=O)N(c3ccccc3C)C2=O)cc1OC. The molecule has 0 saturated carbocycles. The summed E-state index contributed by atoms with van der Waals surface area (Å²) in [5.74, 6) is 0.904. The second-order valence-corrected chi connectivity index (χ2v) is 6.64. The van der Waals surface area contributed by atoms with Gasteiger partial charge in [0.25, 0.3) is 11.1 Å². The molecular formula is C20H19NO4S. The van der Waals surface area contributed by atoms with Crippen molar-refractivity contribution in [3.8, 4) is 11.5 Å². The van der Waals surface area contributed by atoms with Crippen LogP contribution >= 0.6 is 11.8 Å². The average Bonchev–Trinajstić information content (AvgIpc) is 2.90. The van der Waals surface area contributed by atoms with Crippen molar-refractivity contribution in [2.24, 2.45) is 0 Å². The zero-order valence-electron chi connectivity index (χ0n) is 14.8. The van der Waals surface area contributed by atoms with Crippen LogP contribution in [-0.4, -0.2) is 24.9 Å². The van der Waals surface area contributed by atoms with Crippen molar-refractivity contribution in [3.05, 3.63) is 58.5 Å². The number of benzene rings is 2. The number of hydrogen-bond acceptors (Lipinski definition) is 5. The van der Waals surface area contributed by atoms with Gasteiger partial charge in [-0.25, -0.2) is 4.90 Å². The maximum absolute atomic E-state index is 12.8. The van der Waals surface area contributed by atoms with Gasteiger partial charge in [0.2, 0.25) is 0 Å². The number of rotatable bonds is 5. The van der Waals surface area contributed by atoms with Crippen LogP contribution in [0.2, 0.25) is 0 Å². The minimum atomic E-state index is -0.317. The highest BCUT2D eigenvalue weighted by atomic mass is 32.2. The number of carbonyl (C=O) groups is 2. The molecule has 0 atom stereocenters. The number of aryl methyl sites for hydroxylation is 1. The number of carbonyl (C=O) groups excluding carboxylic acids is 2. The Kier molecular flexibility index (Phi) is 5.32. The second-order valence-electron chi connectivity index (χ2n) is 5.65. The van der Waals surface area contributed by atoms with Crippen LogP contribution in [0.3, 0.4) is 0 Å². The van der Waals surface area contributed by atoms with Crippen LogP contribution in [0.1, 0.15) is 18.1 Å². The van der Waals surface area contributed by atoms with Crippen molar-refractivity contribution in [3.63, 3.8) is 0 Å². The summed E-state index contributed by atoms with van der Waals surface area (Å²) in [6.45, 7) is 4.31. The molecule has 1 aliphatic heterocycles. The molecule has 3 rings (SSSR count). The van der Waals surface area contributed by atoms with Gasteiger partial charge < -0.3 is 9.47 Å². The lowest BCUT2D eigenvalue weighted by Gasteiger charge is -2.14. The Morgan fingerprint density at radius 3 is 2.58 bits per heavy atom. The summed E-state index contributed by atoms with van der Waals surface area (Å²) >= 11 is 0.935. The van der Waals surface area contributed by atoms with Crippen molar-refractivity contribution in [1.29, 1.82) is 0 Å². The van der Waals surface area contributed by atoms with Gasteiger partial charge in [-0.3, -0.25) is 9.59 Å². The molecule has 0 spiro atoms. The van der Waals surface area contributed by atoms with E-state index in [9.17, 15) is 9.59 Å². The minimum Gasteiger partial charge on any atom is -0.493 e. The normalized spacial score (nSPS) is 15.7. The number of thioether (sulfide) groups is 1. The van der Waals surface area contributed by atoms with Gasteiger partial charge in [0.05, 0.1) is 24.3 Å². The van der Waals surface area contributed by atoms with Crippen LogP contribution in [0, 0.1) is 6.92 Å². The Labute approximate surface area is 156 Å². The van der Waals surface area contributed by atoms with Gasteiger partial charge in [-0.2, -0.15) is 0 Å². The van der Waals surface area contributed by atoms with Gasteiger partial charge >= 0.3 is 0 Å². The Morgan fingerprint density at radius 2 is 1.88 bits per heavy atom. The van der Waals surface area contributed by atoms with E-state index in [4.69, 9.17) is 9.47 Å². The molecule has 2 amide bonds. The van der Waals surface area contributed by atoms with E-state index in [0.717, 1.165) is 22.9 Å². The van der Waals surface area contributed by atoms with Gasteiger partial charge in [0.15, 0.2) is 11.5 Å². The van der Waals surface area contributed by atoms with E-state index in [1.54, 1.807) is 31.4 Å². The zero-order valence-corrected chi connectivity index (χ0v) is 15.6. The lowest BCUT2D eigenvalue weighted by atomic mass is 10.1. The molecule has 6 heteroatoms. The number of amides is 2. The molecule has 0 unspecified atom stereocenters. The molecule has 5 nitrogen and oxygen atoms in total. The van der Waals surface area contributed by atoms with E-state index < -0.39 is 0 Å². The molecule has 2 aromatic carbocycles. The molecule has 0 aliphatic carbocycles. The Bertz CT molecular complexity index is 891. The van der Waals surface area contributed by atoms with Gasteiger partial charge in [-0.15, -0.1) is 0 Å². The standard InChI is InChI=1S/C20H19NO4S/c1-4-25-16-10-9-14(11-17(16)24-3)12-18-19(22)21(20(23)26-18)15-8-6-5-7-13(15)2/h5-12H,4H2,1-3H3/b18-12-. The largest absolute Gasteiger partial charge is 0.493 e. The predicted octanol–water partition coefficient (Wildman–Crippen LogP) is 4.64. The van der Waals surface area contributed by atoms with Crippen LogP contribution in [0.25, 0.3) is 6.08 Å². The Morgan fingerprint density at radius 1 is 1.12 bits per heavy atom. The van der Waals surface area contributed by atoms with E-state index in [-0.39, 0.29) is 11.1 Å².